The number of nitrogens with one attached hydrogen (secondary N) is 2. The van der Waals surface area contributed by atoms with Crippen LogP contribution >= 0.6 is 0 Å². The summed E-state index contributed by atoms with van der Waals surface area (Å²) in [6, 6.07) is 16.9. The summed E-state index contributed by atoms with van der Waals surface area (Å²) in [4.78, 5) is 56.7. The quantitative estimate of drug-likeness (QED) is 0.225. The maximum absolute atomic E-state index is 13.1. The molecule has 2 heterocycles. The topological polar surface area (TPSA) is 147 Å². The van der Waals surface area contributed by atoms with Gasteiger partial charge in [0, 0.05) is 17.8 Å². The van der Waals surface area contributed by atoms with Crippen molar-refractivity contribution in [3.8, 4) is 17.7 Å². The van der Waals surface area contributed by atoms with Crippen molar-refractivity contribution >= 4 is 24.1 Å². The van der Waals surface area contributed by atoms with Crippen molar-refractivity contribution < 1.29 is 14.3 Å². The molecule has 10 nitrogen and oxygen atoms in total. The number of carbonyl (C=O) groups excluding carboxylic acids is 2. The lowest BCUT2D eigenvalue weighted by atomic mass is 10.1. The number of aryl methyl sites for hydroxylation is 1. The Labute approximate surface area is 235 Å². The molecule has 0 bridgehead atoms. The first-order valence-electron chi connectivity index (χ1n) is 12.7. The molecule has 10 heteroatoms. The molecule has 2 aromatic carbocycles. The minimum atomic E-state index is -0.672. The van der Waals surface area contributed by atoms with Crippen LogP contribution in [0, 0.1) is 18.3 Å². The lowest BCUT2D eigenvalue weighted by Crippen LogP contribution is -2.34. The first kappa shape index (κ1) is 28.4. The number of amides is 1. The highest BCUT2D eigenvalue weighted by atomic mass is 16.5. The number of aromatic amines is 1. The summed E-state index contributed by atoms with van der Waals surface area (Å²) in [5.74, 6) is -0.111. The van der Waals surface area contributed by atoms with Crippen LogP contribution in [0.4, 0.5) is 5.82 Å². The predicted octanol–water partition coefficient (Wildman–Crippen LogP) is 4.81. The van der Waals surface area contributed by atoms with E-state index in [4.69, 9.17) is 10.00 Å². The van der Waals surface area contributed by atoms with Crippen LogP contribution in [0.15, 0.2) is 76.5 Å². The fourth-order valence-electron chi connectivity index (χ4n) is 4.32. The number of benzene rings is 2. The van der Waals surface area contributed by atoms with Crippen molar-refractivity contribution in [1.82, 2.24) is 14.5 Å². The lowest BCUT2D eigenvalue weighted by molar-refractivity contribution is 0.101. The largest absolute Gasteiger partial charge is 0.440 e. The molecule has 0 atom stereocenters. The normalized spacial score (nSPS) is 10.9. The third kappa shape index (κ3) is 6.72. The molecule has 0 aliphatic heterocycles. The molecular weight excluding hydrogens is 522 g/mol. The van der Waals surface area contributed by atoms with Gasteiger partial charge in [0.15, 0.2) is 6.29 Å². The summed E-state index contributed by atoms with van der Waals surface area (Å²) in [5, 5.41) is 11.6. The number of H-pyrrole nitrogens is 1. The fraction of sp³-hybridized carbons (Fsp3) is 0.161. The minimum absolute atomic E-state index is 0.00596. The first-order valence-corrected chi connectivity index (χ1v) is 12.7. The lowest BCUT2D eigenvalue weighted by Gasteiger charge is -2.19. The molecule has 0 spiro atoms. The molecule has 0 saturated heterocycles. The molecule has 206 valence electrons. The van der Waals surface area contributed by atoms with Crippen LogP contribution in [0.2, 0.25) is 0 Å². The number of nitrogens with zero attached hydrogens (tertiary/aromatic N) is 3. The average Bonchev–Trinajstić information content (AvgIpc) is 2.93. The standard InChI is InChI=1S/C31H27N5O5/c1-19(2)27-29(39)35-31(40)36(30(27)41-24-14-20(3)13-21(15-24)7-6-11-32)17-22-10-12-33-26(16-22)34-28(38)25-9-5-4-8-23(25)18-37/h4-10,12-16,18-19H,17H2,1-3H3,(H,33,34,38)(H,35,39,40)/b7-6+. The number of nitriles is 1. The highest BCUT2D eigenvalue weighted by Crippen LogP contribution is 2.29. The summed E-state index contributed by atoms with van der Waals surface area (Å²) in [5.41, 5.74) is 1.67. The molecule has 2 N–H and O–H groups in total. The van der Waals surface area contributed by atoms with Crippen molar-refractivity contribution in [2.45, 2.75) is 33.2 Å². The van der Waals surface area contributed by atoms with Crippen molar-refractivity contribution in [2.24, 2.45) is 0 Å². The Morgan fingerprint density at radius 1 is 1.17 bits per heavy atom. The average molecular weight is 550 g/mol. The number of aldehydes is 1. The van der Waals surface area contributed by atoms with Crippen molar-refractivity contribution in [3.63, 3.8) is 0 Å². The molecule has 0 saturated carbocycles. The smallest absolute Gasteiger partial charge is 0.331 e. The number of carbonyl (C=O) groups is 2. The first-order chi connectivity index (χ1) is 19.7. The molecule has 0 fully saturated rings. The molecule has 1 amide bonds. The van der Waals surface area contributed by atoms with E-state index in [1.54, 1.807) is 48.5 Å². The highest BCUT2D eigenvalue weighted by Gasteiger charge is 2.21. The second-order valence-corrected chi connectivity index (χ2v) is 9.57. The molecule has 0 aliphatic carbocycles. The van der Waals surface area contributed by atoms with Gasteiger partial charge in [-0.15, -0.1) is 0 Å². The number of anilines is 1. The molecule has 0 unspecified atom stereocenters. The van der Waals surface area contributed by atoms with Gasteiger partial charge in [0.05, 0.1) is 23.7 Å². The predicted molar refractivity (Wildman–Crippen MR) is 154 cm³/mol. The Kier molecular flexibility index (Phi) is 8.69. The van der Waals surface area contributed by atoms with Crippen LogP contribution in [0.25, 0.3) is 6.08 Å². The minimum Gasteiger partial charge on any atom is -0.440 e. The second-order valence-electron chi connectivity index (χ2n) is 9.57. The maximum Gasteiger partial charge on any atom is 0.331 e. The summed E-state index contributed by atoms with van der Waals surface area (Å²) in [6.07, 6.45) is 5.06. The van der Waals surface area contributed by atoms with E-state index < -0.39 is 17.2 Å². The van der Waals surface area contributed by atoms with E-state index in [0.717, 1.165) is 11.1 Å². The van der Waals surface area contributed by atoms with Gasteiger partial charge in [-0.05, 0) is 65.9 Å². The number of hydrogen-bond acceptors (Lipinski definition) is 7. The molecule has 41 heavy (non-hydrogen) atoms. The highest BCUT2D eigenvalue weighted by molar-refractivity contribution is 6.08. The molecule has 4 aromatic rings. The van der Waals surface area contributed by atoms with E-state index in [1.807, 2.05) is 32.9 Å². The second kappa shape index (κ2) is 12.5. The van der Waals surface area contributed by atoms with Crippen molar-refractivity contribution in [2.75, 3.05) is 5.32 Å². The van der Waals surface area contributed by atoms with Gasteiger partial charge in [-0.3, -0.25) is 23.9 Å². The van der Waals surface area contributed by atoms with Gasteiger partial charge in [-0.25, -0.2) is 9.78 Å². The third-order valence-corrected chi connectivity index (χ3v) is 6.14. The summed E-state index contributed by atoms with van der Waals surface area (Å²) < 4.78 is 7.54. The Balaban J connectivity index is 1.72. The van der Waals surface area contributed by atoms with Crippen molar-refractivity contribution in [3.05, 3.63) is 121 Å². The van der Waals surface area contributed by atoms with Crippen LogP contribution in [-0.2, 0) is 6.54 Å². The Hall–Kier alpha value is -5.56. The zero-order chi connectivity index (χ0) is 29.5. The summed E-state index contributed by atoms with van der Waals surface area (Å²) >= 11 is 0. The number of allylic oxidation sites excluding steroid dienone is 1. The number of hydrogen-bond donors (Lipinski definition) is 2. The third-order valence-electron chi connectivity index (χ3n) is 6.14. The summed E-state index contributed by atoms with van der Waals surface area (Å²) in [6.45, 7) is 5.50. The van der Waals surface area contributed by atoms with E-state index in [0.29, 0.717) is 17.6 Å². The van der Waals surface area contributed by atoms with E-state index in [-0.39, 0.29) is 40.9 Å². The maximum atomic E-state index is 13.1. The van der Waals surface area contributed by atoms with Gasteiger partial charge in [0.1, 0.15) is 11.6 Å². The van der Waals surface area contributed by atoms with Crippen LogP contribution in [-0.4, -0.2) is 26.7 Å². The monoisotopic (exact) mass is 549 g/mol. The Morgan fingerprint density at radius 3 is 2.68 bits per heavy atom. The molecule has 2 aromatic heterocycles. The molecular formula is C31H27N5O5. The number of ether oxygens (including phenoxy) is 1. The fourth-order valence-corrected chi connectivity index (χ4v) is 4.32. The Morgan fingerprint density at radius 2 is 1.95 bits per heavy atom. The number of aromatic nitrogens is 3. The van der Waals surface area contributed by atoms with Gasteiger partial charge in [0.25, 0.3) is 11.5 Å². The SMILES string of the molecule is Cc1cc(/C=C/C#N)cc(Oc2c(C(C)C)c(=O)[nH]c(=O)n2Cc2ccnc(NC(=O)c3ccccc3C=O)c2)c1. The van der Waals surface area contributed by atoms with E-state index >= 15 is 0 Å². The molecule has 4 rings (SSSR count). The van der Waals surface area contributed by atoms with Crippen LogP contribution in [0.5, 0.6) is 11.6 Å². The van der Waals surface area contributed by atoms with Crippen LogP contribution in [0.3, 0.4) is 0 Å². The number of rotatable bonds is 9. The van der Waals surface area contributed by atoms with Crippen molar-refractivity contribution in [1.29, 1.82) is 5.26 Å². The van der Waals surface area contributed by atoms with Gasteiger partial charge >= 0.3 is 5.69 Å². The van der Waals surface area contributed by atoms with Gasteiger partial charge in [0.2, 0.25) is 5.88 Å². The van der Waals surface area contributed by atoms with Gasteiger partial charge < -0.3 is 10.1 Å². The summed E-state index contributed by atoms with van der Waals surface area (Å²) in [7, 11) is 0. The van der Waals surface area contributed by atoms with Gasteiger partial charge in [-0.1, -0.05) is 38.1 Å². The molecule has 0 radical (unpaired) electrons. The van der Waals surface area contributed by atoms with Crippen LogP contribution < -0.4 is 21.3 Å². The zero-order valence-electron chi connectivity index (χ0n) is 22.7. The van der Waals surface area contributed by atoms with Gasteiger partial charge in [-0.2, -0.15) is 5.26 Å². The van der Waals surface area contributed by atoms with E-state index in [2.05, 4.69) is 15.3 Å². The van der Waals surface area contributed by atoms with E-state index in [1.165, 1.54) is 22.9 Å². The van der Waals surface area contributed by atoms with Crippen LogP contribution in [0.1, 0.15) is 62.7 Å². The molecule has 0 aliphatic rings. The zero-order valence-corrected chi connectivity index (χ0v) is 22.7. The Bertz CT molecular complexity index is 1810. The number of pyridine rings is 1. The van der Waals surface area contributed by atoms with E-state index in [9.17, 15) is 19.2 Å².